The molecule has 0 radical (unpaired) electrons. The second-order valence-electron chi connectivity index (χ2n) is 14.5. The first-order valence-electron chi connectivity index (χ1n) is 18.5. The fourth-order valence-electron chi connectivity index (χ4n) is 8.29. The van der Waals surface area contributed by atoms with Gasteiger partial charge in [0.2, 0.25) is 17.6 Å². The van der Waals surface area contributed by atoms with Gasteiger partial charge in [0.25, 0.3) is 0 Å². The summed E-state index contributed by atoms with van der Waals surface area (Å²) in [6, 6.07) is 23.2. The molecule has 3 aromatic carbocycles. The fraction of sp³-hybridized carbons (Fsp3) is 0.405. The van der Waals surface area contributed by atoms with Crippen molar-refractivity contribution in [2.75, 3.05) is 46.3 Å². The number of nitrogens with one attached hydrogen (secondary N) is 1. The van der Waals surface area contributed by atoms with Crippen molar-refractivity contribution >= 4 is 22.9 Å². The first-order valence-corrected chi connectivity index (χ1v) is 18.5. The van der Waals surface area contributed by atoms with Crippen LogP contribution in [0.5, 0.6) is 17.2 Å². The maximum atomic E-state index is 14.6. The van der Waals surface area contributed by atoms with Crippen LogP contribution in [0.4, 0.5) is 10.3 Å². The van der Waals surface area contributed by atoms with Crippen LogP contribution in [0.15, 0.2) is 85.2 Å². The number of rotatable bonds is 14. The van der Waals surface area contributed by atoms with E-state index in [1.165, 1.54) is 17.7 Å². The van der Waals surface area contributed by atoms with E-state index in [4.69, 9.17) is 19.2 Å². The number of benzene rings is 3. The van der Waals surface area contributed by atoms with Crippen LogP contribution in [0.25, 0.3) is 11.0 Å². The highest BCUT2D eigenvalue weighted by molar-refractivity contribution is 5.85. The van der Waals surface area contributed by atoms with Gasteiger partial charge >= 0.3 is 0 Å². The molecular weight excluding hydrogens is 671 g/mol. The van der Waals surface area contributed by atoms with Crippen molar-refractivity contribution in [3.8, 4) is 17.2 Å². The molecule has 2 saturated heterocycles. The van der Waals surface area contributed by atoms with E-state index in [9.17, 15) is 9.18 Å². The third-order valence-corrected chi connectivity index (χ3v) is 11.1. The molecule has 2 aromatic heterocycles. The molecule has 2 aliphatic heterocycles. The summed E-state index contributed by atoms with van der Waals surface area (Å²) in [5, 5.41) is 3.79. The van der Waals surface area contributed by atoms with Gasteiger partial charge in [-0.05, 0) is 104 Å². The van der Waals surface area contributed by atoms with E-state index >= 15 is 0 Å². The van der Waals surface area contributed by atoms with Crippen LogP contribution in [0.3, 0.4) is 0 Å². The van der Waals surface area contributed by atoms with Crippen LogP contribution in [-0.2, 0) is 24.3 Å². The third kappa shape index (κ3) is 7.81. The van der Waals surface area contributed by atoms with Crippen LogP contribution in [0.2, 0.25) is 0 Å². The van der Waals surface area contributed by atoms with Gasteiger partial charge in [-0.15, -0.1) is 0 Å². The summed E-state index contributed by atoms with van der Waals surface area (Å²) in [5.41, 5.74) is 4.52. The van der Waals surface area contributed by atoms with E-state index in [0.29, 0.717) is 43.3 Å². The Morgan fingerprint density at radius 2 is 1.57 bits per heavy atom. The molecule has 1 amide bonds. The Morgan fingerprint density at radius 1 is 0.868 bits per heavy atom. The number of anilines is 1. The number of nitrogens with zero attached hydrogens (tertiary/aromatic N) is 5. The van der Waals surface area contributed by atoms with Crippen molar-refractivity contribution in [2.24, 2.45) is 5.41 Å². The lowest BCUT2D eigenvalue weighted by Crippen LogP contribution is -2.47. The topological polar surface area (TPSA) is 94.0 Å². The molecule has 0 saturated carbocycles. The molecule has 5 aromatic rings. The van der Waals surface area contributed by atoms with E-state index in [2.05, 4.69) is 44.9 Å². The standard InChI is InChI=1S/C42H49FN6O4/c1-29(47-20-15-34(16-21-47)45-41-46-35-7-5-6-8-36(35)49(41)28-31-13-18-44-19-14-31)25-42(26-30-9-11-33(43)12-10-30)17-22-48(40(42)50)27-32-23-37(51-2)39(53-4)38(24-32)52-3/h5-14,18-19,23-24,29,34H,15-17,20-22,25-28H2,1-4H3,(H,45,46). The second-order valence-corrected chi connectivity index (χ2v) is 14.5. The Morgan fingerprint density at radius 3 is 2.25 bits per heavy atom. The number of ether oxygens (including phenoxy) is 3. The van der Waals surface area contributed by atoms with Gasteiger partial charge in [0.1, 0.15) is 5.82 Å². The number of imidazole rings is 1. The van der Waals surface area contributed by atoms with Gasteiger partial charge in [0.05, 0.1) is 44.3 Å². The highest BCUT2D eigenvalue weighted by Gasteiger charge is 2.48. The van der Waals surface area contributed by atoms with Gasteiger partial charge < -0.3 is 33.9 Å². The Bertz CT molecular complexity index is 1990. The van der Waals surface area contributed by atoms with Gasteiger partial charge in [0.15, 0.2) is 11.5 Å². The molecule has 11 heteroatoms. The minimum atomic E-state index is -0.606. The lowest BCUT2D eigenvalue weighted by molar-refractivity contribution is -0.137. The molecule has 2 fully saturated rings. The summed E-state index contributed by atoms with van der Waals surface area (Å²) >= 11 is 0. The molecule has 4 heterocycles. The number of para-hydroxylation sites is 2. The monoisotopic (exact) mass is 720 g/mol. The lowest BCUT2D eigenvalue weighted by atomic mass is 9.75. The van der Waals surface area contributed by atoms with Gasteiger partial charge in [-0.1, -0.05) is 24.3 Å². The predicted octanol–water partition coefficient (Wildman–Crippen LogP) is 6.96. The molecule has 0 bridgehead atoms. The first-order chi connectivity index (χ1) is 25.8. The average molecular weight is 721 g/mol. The van der Waals surface area contributed by atoms with Crippen molar-refractivity contribution in [1.29, 1.82) is 0 Å². The first kappa shape index (κ1) is 36.2. The zero-order valence-electron chi connectivity index (χ0n) is 31.1. The van der Waals surface area contributed by atoms with Crippen LogP contribution in [0.1, 0.15) is 49.3 Å². The Balaban J connectivity index is 1.05. The molecule has 2 unspecified atom stereocenters. The molecule has 7 rings (SSSR count). The van der Waals surface area contributed by atoms with Crippen LogP contribution < -0.4 is 19.5 Å². The number of pyridine rings is 1. The molecule has 0 aliphatic carbocycles. The Hall–Kier alpha value is -5.16. The molecule has 2 aliphatic rings. The SMILES string of the molecule is COc1cc(CN2CCC(Cc3ccc(F)cc3)(CC(C)N3CCC(Nc4nc5ccccc5n4Cc4ccncc4)CC3)C2=O)cc(OC)c1OC. The number of fused-ring (bicyclic) bond motifs is 1. The van der Waals surface area contributed by atoms with Crippen molar-refractivity contribution < 1.29 is 23.4 Å². The zero-order chi connectivity index (χ0) is 37.0. The Kier molecular flexibility index (Phi) is 10.8. The number of piperidine rings is 1. The summed E-state index contributed by atoms with van der Waals surface area (Å²) in [6.07, 6.45) is 7.60. The normalized spacial score (nSPS) is 18.7. The van der Waals surface area contributed by atoms with Crippen LogP contribution >= 0.6 is 0 Å². The van der Waals surface area contributed by atoms with Crippen molar-refractivity contribution in [3.63, 3.8) is 0 Å². The fourth-order valence-corrected chi connectivity index (χ4v) is 8.29. The largest absolute Gasteiger partial charge is 0.493 e. The number of aromatic nitrogens is 3. The van der Waals surface area contributed by atoms with E-state index in [-0.39, 0.29) is 23.8 Å². The summed E-state index contributed by atoms with van der Waals surface area (Å²) in [5.74, 6) is 2.38. The number of carbonyl (C=O) groups excluding carboxylic acids is 1. The number of amides is 1. The quantitative estimate of drug-likeness (QED) is 0.132. The predicted molar refractivity (Wildman–Crippen MR) is 204 cm³/mol. The molecule has 278 valence electrons. The molecular formula is C42H49FN6O4. The molecule has 0 spiro atoms. The highest BCUT2D eigenvalue weighted by atomic mass is 19.1. The van der Waals surface area contributed by atoms with Gasteiger partial charge in [-0.3, -0.25) is 9.78 Å². The molecule has 53 heavy (non-hydrogen) atoms. The maximum absolute atomic E-state index is 14.6. The van der Waals surface area contributed by atoms with Crippen molar-refractivity contribution in [3.05, 3.63) is 108 Å². The number of methoxy groups -OCH3 is 3. The second kappa shape index (κ2) is 15.8. The number of halogens is 1. The van der Waals surface area contributed by atoms with E-state index in [1.807, 2.05) is 59.8 Å². The van der Waals surface area contributed by atoms with E-state index in [0.717, 1.165) is 66.9 Å². The summed E-state index contributed by atoms with van der Waals surface area (Å²) in [4.78, 5) is 28.2. The number of likely N-dealkylation sites (tertiary alicyclic amines) is 2. The smallest absolute Gasteiger partial charge is 0.229 e. The van der Waals surface area contributed by atoms with Crippen LogP contribution in [-0.4, -0.2) is 83.3 Å². The summed E-state index contributed by atoms with van der Waals surface area (Å²) in [6.45, 7) is 5.86. The van der Waals surface area contributed by atoms with Crippen molar-refractivity contribution in [2.45, 2.75) is 64.2 Å². The lowest BCUT2D eigenvalue weighted by Gasteiger charge is -2.40. The van der Waals surface area contributed by atoms with Gasteiger partial charge in [-0.25, -0.2) is 9.37 Å². The number of hydrogen-bond acceptors (Lipinski definition) is 8. The zero-order valence-corrected chi connectivity index (χ0v) is 31.1. The van der Waals surface area contributed by atoms with E-state index in [1.54, 1.807) is 21.3 Å². The van der Waals surface area contributed by atoms with Gasteiger partial charge in [0, 0.05) is 50.7 Å². The third-order valence-electron chi connectivity index (χ3n) is 11.1. The summed E-state index contributed by atoms with van der Waals surface area (Å²) in [7, 11) is 4.77. The van der Waals surface area contributed by atoms with E-state index < -0.39 is 5.41 Å². The number of carbonyl (C=O) groups is 1. The maximum Gasteiger partial charge on any atom is 0.229 e. The summed E-state index contributed by atoms with van der Waals surface area (Å²) < 4.78 is 32.9. The molecule has 10 nitrogen and oxygen atoms in total. The van der Waals surface area contributed by atoms with Crippen LogP contribution in [0, 0.1) is 11.2 Å². The van der Waals surface area contributed by atoms with Gasteiger partial charge in [-0.2, -0.15) is 0 Å². The minimum absolute atomic E-state index is 0.132. The average Bonchev–Trinajstić information content (AvgIpc) is 3.67. The van der Waals surface area contributed by atoms with Crippen molar-refractivity contribution in [1.82, 2.24) is 24.3 Å². The molecule has 1 N–H and O–H groups in total. The minimum Gasteiger partial charge on any atom is -0.493 e. The number of hydrogen-bond donors (Lipinski definition) is 1. The highest BCUT2D eigenvalue weighted by Crippen LogP contribution is 2.43. The molecule has 2 atom stereocenters. The Labute approximate surface area is 310 Å².